The fourth-order valence-corrected chi connectivity index (χ4v) is 4.69. The van der Waals surface area contributed by atoms with E-state index in [0.29, 0.717) is 24.7 Å². The molecule has 0 bridgehead atoms. The Morgan fingerprint density at radius 3 is 2.58 bits per heavy atom. The Morgan fingerprint density at radius 2 is 1.82 bits per heavy atom. The zero-order chi connectivity index (χ0) is 23.1. The third-order valence-corrected chi connectivity index (χ3v) is 6.17. The van der Waals surface area contributed by atoms with Crippen LogP contribution in [0.4, 0.5) is 17.5 Å². The van der Waals surface area contributed by atoms with Crippen molar-refractivity contribution < 1.29 is 9.59 Å². The first-order valence-electron chi connectivity index (χ1n) is 11.0. The molecule has 0 spiro atoms. The standard InChI is InChI=1S/C25H25N5O3/c1-14-9-15(2)11-18(10-14)26-23(32)19-12-20(31)27-22-21(19)24(33)29-25(28-22)30-8-7-16-5-3-4-6-17(16)13-30/h3-6,9-11,19H,7-8,12-13H2,1-2H3,(H,26,32)(H2,27,28,29,31,33). The number of fused-ring (bicyclic) bond motifs is 2. The van der Waals surface area contributed by atoms with Gasteiger partial charge in [0.15, 0.2) is 0 Å². The molecule has 1 unspecified atom stereocenters. The predicted molar refractivity (Wildman–Crippen MR) is 127 cm³/mol. The first kappa shape index (κ1) is 20.9. The minimum atomic E-state index is -0.915. The third-order valence-electron chi connectivity index (χ3n) is 6.17. The molecular weight excluding hydrogens is 418 g/mol. The molecule has 2 amide bonds. The monoisotopic (exact) mass is 443 g/mol. The molecule has 2 aliphatic heterocycles. The number of anilines is 3. The number of benzene rings is 2. The first-order chi connectivity index (χ1) is 15.9. The number of carbonyl (C=O) groups is 2. The number of rotatable bonds is 3. The van der Waals surface area contributed by atoms with E-state index in [1.165, 1.54) is 11.1 Å². The van der Waals surface area contributed by atoms with E-state index in [4.69, 9.17) is 0 Å². The van der Waals surface area contributed by atoms with Gasteiger partial charge in [-0.1, -0.05) is 30.3 Å². The summed E-state index contributed by atoms with van der Waals surface area (Å²) in [7, 11) is 0. The molecule has 1 aromatic heterocycles. The maximum absolute atomic E-state index is 13.1. The maximum atomic E-state index is 13.1. The lowest BCUT2D eigenvalue weighted by atomic mass is 9.92. The molecule has 8 nitrogen and oxygen atoms in total. The van der Waals surface area contributed by atoms with Gasteiger partial charge in [0, 0.05) is 25.2 Å². The highest BCUT2D eigenvalue weighted by Gasteiger charge is 2.35. The van der Waals surface area contributed by atoms with Crippen molar-refractivity contribution in [1.29, 1.82) is 0 Å². The quantitative estimate of drug-likeness (QED) is 0.577. The summed E-state index contributed by atoms with van der Waals surface area (Å²) in [5.74, 6) is -1.10. The Kier molecular flexibility index (Phi) is 5.20. The van der Waals surface area contributed by atoms with Crippen molar-refractivity contribution in [1.82, 2.24) is 9.97 Å². The van der Waals surface area contributed by atoms with Crippen LogP contribution in [0.1, 0.15) is 40.2 Å². The molecule has 0 aliphatic carbocycles. The number of hydrogen-bond acceptors (Lipinski definition) is 5. The number of carbonyl (C=O) groups excluding carboxylic acids is 2. The Bertz CT molecular complexity index is 1310. The van der Waals surface area contributed by atoms with Gasteiger partial charge in [-0.25, -0.2) is 0 Å². The molecule has 1 atom stereocenters. The van der Waals surface area contributed by atoms with Crippen molar-refractivity contribution in [3.63, 3.8) is 0 Å². The van der Waals surface area contributed by atoms with Crippen LogP contribution >= 0.6 is 0 Å². The molecule has 0 fully saturated rings. The van der Waals surface area contributed by atoms with E-state index in [2.05, 4.69) is 32.7 Å². The summed E-state index contributed by atoms with van der Waals surface area (Å²) in [5, 5.41) is 5.55. The minimum Gasteiger partial charge on any atom is -0.338 e. The molecule has 3 heterocycles. The summed E-state index contributed by atoms with van der Waals surface area (Å²) in [6.45, 7) is 5.20. The Hall–Kier alpha value is -3.94. The number of hydrogen-bond donors (Lipinski definition) is 3. The molecule has 2 aromatic carbocycles. The van der Waals surface area contributed by atoms with Crippen molar-refractivity contribution in [3.8, 4) is 0 Å². The second kappa shape index (κ2) is 8.20. The van der Waals surface area contributed by atoms with Gasteiger partial charge in [-0.3, -0.25) is 19.4 Å². The minimum absolute atomic E-state index is 0.106. The SMILES string of the molecule is Cc1cc(C)cc(NC(=O)C2CC(=O)Nc3nc(N4CCc5ccccc5C4)[nH]c(=O)c32)c1. The Balaban J connectivity index is 1.45. The lowest BCUT2D eigenvalue weighted by Crippen LogP contribution is -2.38. The molecular formula is C25H25N5O3. The molecule has 8 heteroatoms. The number of aromatic amines is 1. The maximum Gasteiger partial charge on any atom is 0.258 e. The lowest BCUT2D eigenvalue weighted by Gasteiger charge is -2.30. The van der Waals surface area contributed by atoms with Crippen LogP contribution in [0, 0.1) is 13.8 Å². The second-order valence-corrected chi connectivity index (χ2v) is 8.76. The number of nitrogens with zero attached hydrogens (tertiary/aromatic N) is 2. The van der Waals surface area contributed by atoms with Gasteiger partial charge >= 0.3 is 0 Å². The molecule has 0 saturated carbocycles. The number of amides is 2. The number of aromatic nitrogens is 2. The summed E-state index contributed by atoms with van der Waals surface area (Å²) < 4.78 is 0. The lowest BCUT2D eigenvalue weighted by molar-refractivity contribution is -0.123. The Labute approximate surface area is 191 Å². The number of aryl methyl sites for hydroxylation is 2. The van der Waals surface area contributed by atoms with Crippen molar-refractivity contribution in [2.75, 3.05) is 22.1 Å². The fourth-order valence-electron chi connectivity index (χ4n) is 4.69. The summed E-state index contributed by atoms with van der Waals surface area (Å²) in [6, 6.07) is 13.9. The van der Waals surface area contributed by atoms with Crippen molar-refractivity contribution in [2.24, 2.45) is 0 Å². The molecule has 2 aliphatic rings. The fraction of sp³-hybridized carbons (Fsp3) is 0.280. The average Bonchev–Trinajstić information content (AvgIpc) is 2.77. The van der Waals surface area contributed by atoms with Crippen LogP contribution < -0.4 is 21.1 Å². The van der Waals surface area contributed by atoms with E-state index in [1.54, 1.807) is 0 Å². The van der Waals surface area contributed by atoms with Gasteiger partial charge in [0.25, 0.3) is 5.56 Å². The molecule has 168 valence electrons. The van der Waals surface area contributed by atoms with Crippen LogP contribution in [0.25, 0.3) is 0 Å². The molecule has 3 N–H and O–H groups in total. The van der Waals surface area contributed by atoms with E-state index in [1.807, 2.05) is 49.1 Å². The third kappa shape index (κ3) is 4.11. The van der Waals surface area contributed by atoms with Gasteiger partial charge in [0.1, 0.15) is 5.82 Å². The van der Waals surface area contributed by atoms with Gasteiger partial charge in [-0.05, 0) is 54.7 Å². The van der Waals surface area contributed by atoms with Crippen LogP contribution in [0.5, 0.6) is 0 Å². The van der Waals surface area contributed by atoms with Crippen molar-refractivity contribution >= 4 is 29.3 Å². The van der Waals surface area contributed by atoms with Crippen LogP contribution in [-0.2, 0) is 22.6 Å². The highest BCUT2D eigenvalue weighted by Crippen LogP contribution is 2.31. The second-order valence-electron chi connectivity index (χ2n) is 8.76. The topological polar surface area (TPSA) is 107 Å². The van der Waals surface area contributed by atoms with Gasteiger partial charge in [-0.2, -0.15) is 4.98 Å². The smallest absolute Gasteiger partial charge is 0.258 e. The van der Waals surface area contributed by atoms with E-state index in [0.717, 1.165) is 17.5 Å². The van der Waals surface area contributed by atoms with E-state index in [9.17, 15) is 14.4 Å². The Morgan fingerprint density at radius 1 is 1.09 bits per heavy atom. The van der Waals surface area contributed by atoms with Gasteiger partial charge in [-0.15, -0.1) is 0 Å². The van der Waals surface area contributed by atoms with Crippen molar-refractivity contribution in [2.45, 2.75) is 39.2 Å². The van der Waals surface area contributed by atoms with Gasteiger partial charge < -0.3 is 15.5 Å². The highest BCUT2D eigenvalue weighted by molar-refractivity contribution is 6.04. The van der Waals surface area contributed by atoms with Crippen LogP contribution in [0.2, 0.25) is 0 Å². The van der Waals surface area contributed by atoms with Crippen molar-refractivity contribution in [3.05, 3.63) is 80.6 Å². The molecule has 0 saturated heterocycles. The zero-order valence-electron chi connectivity index (χ0n) is 18.6. The zero-order valence-corrected chi connectivity index (χ0v) is 18.6. The number of H-pyrrole nitrogens is 1. The van der Waals surface area contributed by atoms with Crippen LogP contribution in [0.3, 0.4) is 0 Å². The van der Waals surface area contributed by atoms with E-state index < -0.39 is 17.4 Å². The summed E-state index contributed by atoms with van der Waals surface area (Å²) in [4.78, 5) is 48.0. The predicted octanol–water partition coefficient (Wildman–Crippen LogP) is 3.01. The summed E-state index contributed by atoms with van der Waals surface area (Å²) in [5.41, 5.74) is 4.91. The highest BCUT2D eigenvalue weighted by atomic mass is 16.2. The normalized spacial score (nSPS) is 17.1. The van der Waals surface area contributed by atoms with Gasteiger partial charge in [0.2, 0.25) is 17.8 Å². The summed E-state index contributed by atoms with van der Waals surface area (Å²) in [6.07, 6.45) is 0.731. The molecule has 0 radical (unpaired) electrons. The first-order valence-corrected chi connectivity index (χ1v) is 11.0. The van der Waals surface area contributed by atoms with E-state index in [-0.39, 0.29) is 23.7 Å². The molecule has 5 rings (SSSR count). The molecule has 33 heavy (non-hydrogen) atoms. The van der Waals surface area contributed by atoms with Crippen LogP contribution in [-0.4, -0.2) is 28.3 Å². The molecule has 3 aromatic rings. The van der Waals surface area contributed by atoms with E-state index >= 15 is 0 Å². The van der Waals surface area contributed by atoms with Gasteiger partial charge in [0.05, 0.1) is 11.5 Å². The number of nitrogens with one attached hydrogen (secondary N) is 3. The largest absolute Gasteiger partial charge is 0.338 e. The van der Waals surface area contributed by atoms with Crippen LogP contribution in [0.15, 0.2) is 47.3 Å². The summed E-state index contributed by atoms with van der Waals surface area (Å²) >= 11 is 0. The average molecular weight is 444 g/mol.